The number of benzene rings is 1. The molecule has 1 saturated heterocycles. The zero-order chi connectivity index (χ0) is 16.6. The van der Waals surface area contributed by atoms with Gasteiger partial charge in [0, 0.05) is 18.8 Å². The van der Waals surface area contributed by atoms with Crippen LogP contribution in [0.25, 0.3) is 0 Å². The lowest BCUT2D eigenvalue weighted by molar-refractivity contribution is -0.179. The van der Waals surface area contributed by atoms with Crippen molar-refractivity contribution in [1.82, 2.24) is 10.4 Å². The number of hydrogen-bond donors (Lipinski definition) is 1. The highest BCUT2D eigenvalue weighted by atomic mass is 19.4. The number of alkyl halides is 3. The molecule has 124 valence electrons. The van der Waals surface area contributed by atoms with Gasteiger partial charge in [0.2, 0.25) is 0 Å². The lowest BCUT2D eigenvalue weighted by Gasteiger charge is -2.30. The number of hydrogen-bond acceptors (Lipinski definition) is 4. The van der Waals surface area contributed by atoms with Crippen LogP contribution in [0.5, 0.6) is 0 Å². The van der Waals surface area contributed by atoms with Crippen LogP contribution in [0.1, 0.15) is 11.1 Å². The summed E-state index contributed by atoms with van der Waals surface area (Å²) in [5.41, 5.74) is 4.26. The maximum absolute atomic E-state index is 12.3. The van der Waals surface area contributed by atoms with E-state index in [0.29, 0.717) is 31.8 Å². The van der Waals surface area contributed by atoms with E-state index in [1.807, 2.05) is 11.5 Å². The molecule has 6 nitrogen and oxygen atoms in total. The highest BCUT2D eigenvalue weighted by Crippen LogP contribution is 2.26. The Morgan fingerprint density at radius 3 is 2.65 bits per heavy atom. The average Bonchev–Trinajstić information content (AvgIpc) is 2.91. The smallest absolute Gasteiger partial charge is 0.447 e. The van der Waals surface area contributed by atoms with Crippen LogP contribution < -0.4 is 10.3 Å². The van der Waals surface area contributed by atoms with Crippen LogP contribution in [0.4, 0.5) is 23.7 Å². The van der Waals surface area contributed by atoms with Crippen molar-refractivity contribution in [2.45, 2.75) is 19.1 Å². The number of nitrogens with one attached hydrogen (secondary N) is 1. The fourth-order valence-electron chi connectivity index (χ4n) is 2.64. The van der Waals surface area contributed by atoms with Gasteiger partial charge in [-0.25, -0.2) is 9.80 Å². The van der Waals surface area contributed by atoms with Crippen LogP contribution >= 0.6 is 0 Å². The zero-order valence-electron chi connectivity index (χ0n) is 12.0. The quantitative estimate of drug-likeness (QED) is 0.895. The van der Waals surface area contributed by atoms with Gasteiger partial charge in [-0.1, -0.05) is 6.07 Å². The summed E-state index contributed by atoms with van der Waals surface area (Å²) in [7, 11) is 0. The van der Waals surface area contributed by atoms with Gasteiger partial charge in [-0.05, 0) is 29.7 Å². The third-order valence-electron chi connectivity index (χ3n) is 3.79. The number of carbonyl (C=O) groups excluding carboxylic acids is 2. The predicted molar refractivity (Wildman–Crippen MR) is 73.4 cm³/mol. The molecule has 0 spiro atoms. The minimum absolute atomic E-state index is 0.147. The summed E-state index contributed by atoms with van der Waals surface area (Å²) >= 11 is 0. The lowest BCUT2D eigenvalue weighted by atomic mass is 10.00. The van der Waals surface area contributed by atoms with Crippen LogP contribution in [0.3, 0.4) is 0 Å². The second-order valence-electron chi connectivity index (χ2n) is 5.33. The SMILES string of the molecule is O=C1OCCN1c1ccc2c(c1)CN(NC(=O)C(F)(F)F)CC2. The van der Waals surface area contributed by atoms with E-state index in [9.17, 15) is 22.8 Å². The minimum Gasteiger partial charge on any atom is -0.447 e. The van der Waals surface area contributed by atoms with E-state index in [4.69, 9.17) is 4.74 Å². The largest absolute Gasteiger partial charge is 0.472 e. The van der Waals surface area contributed by atoms with Crippen LogP contribution in [-0.2, 0) is 22.5 Å². The first kappa shape index (κ1) is 15.6. The topological polar surface area (TPSA) is 61.9 Å². The van der Waals surface area contributed by atoms with Gasteiger partial charge < -0.3 is 4.74 Å². The predicted octanol–water partition coefficient (Wildman–Crippen LogP) is 1.59. The molecular formula is C14H14F3N3O3. The monoisotopic (exact) mass is 329 g/mol. The van der Waals surface area contributed by atoms with Crippen molar-refractivity contribution in [3.8, 4) is 0 Å². The molecule has 0 radical (unpaired) electrons. The summed E-state index contributed by atoms with van der Waals surface area (Å²) in [5, 5.41) is 1.23. The molecule has 1 N–H and O–H groups in total. The molecule has 2 aliphatic heterocycles. The fraction of sp³-hybridized carbons (Fsp3) is 0.429. The second-order valence-corrected chi connectivity index (χ2v) is 5.33. The highest BCUT2D eigenvalue weighted by molar-refractivity contribution is 5.89. The average molecular weight is 329 g/mol. The summed E-state index contributed by atoms with van der Waals surface area (Å²) in [6, 6.07) is 5.38. The Bertz CT molecular complexity index is 648. The summed E-state index contributed by atoms with van der Waals surface area (Å²) in [4.78, 5) is 24.1. The van der Waals surface area contributed by atoms with E-state index in [1.165, 1.54) is 9.91 Å². The Labute approximate surface area is 129 Å². The van der Waals surface area contributed by atoms with E-state index in [-0.39, 0.29) is 6.54 Å². The van der Waals surface area contributed by atoms with Gasteiger partial charge in [-0.3, -0.25) is 15.1 Å². The first-order valence-corrected chi connectivity index (χ1v) is 7.03. The van der Waals surface area contributed by atoms with Crippen LogP contribution in [-0.4, -0.2) is 42.9 Å². The molecule has 1 aromatic rings. The number of nitrogens with zero attached hydrogens (tertiary/aromatic N) is 2. The molecule has 23 heavy (non-hydrogen) atoms. The Hall–Kier alpha value is -2.29. The van der Waals surface area contributed by atoms with Gasteiger partial charge in [0.25, 0.3) is 0 Å². The van der Waals surface area contributed by atoms with E-state index in [0.717, 1.165) is 11.1 Å². The van der Waals surface area contributed by atoms with Gasteiger partial charge >= 0.3 is 18.2 Å². The zero-order valence-corrected chi connectivity index (χ0v) is 12.0. The number of rotatable bonds is 2. The van der Waals surface area contributed by atoms with Gasteiger partial charge in [0.1, 0.15) is 6.61 Å². The molecule has 2 heterocycles. The summed E-state index contributed by atoms with van der Waals surface area (Å²) in [6.45, 7) is 1.18. The summed E-state index contributed by atoms with van der Waals surface area (Å²) < 4.78 is 41.8. The van der Waals surface area contributed by atoms with Gasteiger partial charge in [-0.2, -0.15) is 13.2 Å². The number of amides is 2. The van der Waals surface area contributed by atoms with Gasteiger partial charge in [0.05, 0.1) is 6.54 Å². The van der Waals surface area contributed by atoms with Crippen molar-refractivity contribution in [3.63, 3.8) is 0 Å². The molecule has 0 saturated carbocycles. The summed E-state index contributed by atoms with van der Waals surface area (Å²) in [5.74, 6) is -1.99. The van der Waals surface area contributed by atoms with Gasteiger partial charge in [0.15, 0.2) is 0 Å². The molecule has 1 aromatic carbocycles. The molecule has 0 unspecified atom stereocenters. The lowest BCUT2D eigenvalue weighted by Crippen LogP contribution is -2.49. The fourth-order valence-corrected chi connectivity index (χ4v) is 2.64. The number of cyclic esters (lactones) is 1. The third kappa shape index (κ3) is 3.24. The molecule has 0 aliphatic carbocycles. The van der Waals surface area contributed by atoms with Crippen LogP contribution in [0, 0.1) is 0 Å². The number of hydrazine groups is 1. The van der Waals surface area contributed by atoms with E-state index < -0.39 is 18.2 Å². The maximum Gasteiger partial charge on any atom is 0.472 e. The number of halogens is 3. The van der Waals surface area contributed by atoms with Crippen molar-refractivity contribution >= 4 is 17.7 Å². The molecule has 0 aromatic heterocycles. The standard InChI is InChI=1S/C14H14F3N3O3/c15-14(16,17)12(21)18-19-4-3-9-1-2-11(7-10(9)8-19)20-5-6-23-13(20)22/h1-2,7H,3-6,8H2,(H,18,21). The molecule has 2 aliphatic rings. The second kappa shape index (κ2) is 5.73. The molecule has 1 fully saturated rings. The normalized spacial score (nSPS) is 18.6. The number of anilines is 1. The number of carbonyl (C=O) groups is 2. The van der Waals surface area contributed by atoms with Crippen LogP contribution in [0.15, 0.2) is 18.2 Å². The Morgan fingerprint density at radius 1 is 1.22 bits per heavy atom. The van der Waals surface area contributed by atoms with Crippen molar-refractivity contribution in [2.24, 2.45) is 0 Å². The van der Waals surface area contributed by atoms with Crippen molar-refractivity contribution in [2.75, 3.05) is 24.6 Å². The summed E-state index contributed by atoms with van der Waals surface area (Å²) in [6.07, 6.45) is -4.84. The molecule has 2 amide bonds. The highest BCUT2D eigenvalue weighted by Gasteiger charge is 2.40. The number of fused-ring (bicyclic) bond motifs is 1. The molecule has 0 bridgehead atoms. The molecule has 0 atom stereocenters. The Kier molecular flexibility index (Phi) is 3.88. The van der Waals surface area contributed by atoms with Crippen molar-refractivity contribution in [1.29, 1.82) is 0 Å². The van der Waals surface area contributed by atoms with Crippen molar-refractivity contribution in [3.05, 3.63) is 29.3 Å². The Balaban J connectivity index is 1.74. The first-order valence-electron chi connectivity index (χ1n) is 7.03. The van der Waals surface area contributed by atoms with Crippen molar-refractivity contribution < 1.29 is 27.5 Å². The molecule has 9 heteroatoms. The molecular weight excluding hydrogens is 315 g/mol. The van der Waals surface area contributed by atoms with E-state index in [1.54, 1.807) is 12.1 Å². The first-order chi connectivity index (χ1) is 10.8. The molecule has 3 rings (SSSR count). The number of ether oxygens (including phenoxy) is 1. The van der Waals surface area contributed by atoms with E-state index in [2.05, 4.69) is 0 Å². The van der Waals surface area contributed by atoms with Crippen LogP contribution in [0.2, 0.25) is 0 Å². The minimum atomic E-state index is -4.92. The maximum atomic E-state index is 12.3. The van der Waals surface area contributed by atoms with E-state index >= 15 is 0 Å². The third-order valence-corrected chi connectivity index (χ3v) is 3.79. The van der Waals surface area contributed by atoms with Gasteiger partial charge in [-0.15, -0.1) is 0 Å². The Morgan fingerprint density at radius 2 is 2.00 bits per heavy atom.